The van der Waals surface area contributed by atoms with E-state index in [-0.39, 0.29) is 24.2 Å². The zero-order valence-corrected chi connectivity index (χ0v) is 15.8. The van der Waals surface area contributed by atoms with Crippen LogP contribution in [0.1, 0.15) is 33.1 Å². The number of carbonyl (C=O) groups is 2. The number of fused-ring (bicyclic) bond motifs is 1. The van der Waals surface area contributed by atoms with Gasteiger partial charge in [0.25, 0.3) is 5.91 Å². The van der Waals surface area contributed by atoms with Crippen LogP contribution in [-0.2, 0) is 17.8 Å². The maximum atomic E-state index is 13.9. The molecule has 0 bridgehead atoms. The largest absolute Gasteiger partial charge is 0.350 e. The van der Waals surface area contributed by atoms with Crippen molar-refractivity contribution in [3.05, 3.63) is 107 Å². The molecule has 146 valence electrons. The molecule has 4 rings (SSSR count). The van der Waals surface area contributed by atoms with Gasteiger partial charge in [-0.25, -0.2) is 4.39 Å². The number of nitrogens with zero attached hydrogens (tertiary/aromatic N) is 1. The van der Waals surface area contributed by atoms with Crippen LogP contribution in [0.4, 0.5) is 4.39 Å². The molecule has 3 aromatic carbocycles. The van der Waals surface area contributed by atoms with Crippen LogP contribution < -0.4 is 5.32 Å². The number of nitrogens with one attached hydrogen (secondary N) is 1. The van der Waals surface area contributed by atoms with Gasteiger partial charge in [0.05, 0.1) is 0 Å². The first-order valence-corrected chi connectivity index (χ1v) is 9.60. The molecule has 0 aromatic heterocycles. The summed E-state index contributed by atoms with van der Waals surface area (Å²) in [6.07, 6.45) is 0.686. The van der Waals surface area contributed by atoms with E-state index in [1.165, 1.54) is 6.07 Å². The van der Waals surface area contributed by atoms with Gasteiger partial charge in [-0.15, -0.1) is 0 Å². The predicted molar refractivity (Wildman–Crippen MR) is 109 cm³/mol. The van der Waals surface area contributed by atoms with Crippen molar-refractivity contribution in [3.8, 4) is 0 Å². The molecule has 0 aliphatic carbocycles. The van der Waals surface area contributed by atoms with E-state index in [1.807, 2.05) is 30.3 Å². The molecule has 1 aliphatic heterocycles. The second-order valence-electron chi connectivity index (χ2n) is 7.03. The van der Waals surface area contributed by atoms with Crippen molar-refractivity contribution in [2.24, 2.45) is 0 Å². The molecule has 1 N–H and O–H groups in total. The number of amides is 2. The van der Waals surface area contributed by atoms with Gasteiger partial charge in [-0.1, -0.05) is 60.7 Å². The van der Waals surface area contributed by atoms with Crippen molar-refractivity contribution in [1.29, 1.82) is 0 Å². The number of carbonyl (C=O) groups excluding carboxylic acids is 2. The first kappa shape index (κ1) is 18.9. The summed E-state index contributed by atoms with van der Waals surface area (Å²) in [6.45, 7) is 0.514. The minimum atomic E-state index is -0.751. The molecule has 1 unspecified atom stereocenters. The number of benzene rings is 3. The van der Waals surface area contributed by atoms with Crippen LogP contribution in [0.25, 0.3) is 0 Å². The summed E-state index contributed by atoms with van der Waals surface area (Å²) >= 11 is 0. The topological polar surface area (TPSA) is 49.4 Å². The molecular weight excluding hydrogens is 367 g/mol. The van der Waals surface area contributed by atoms with Crippen molar-refractivity contribution < 1.29 is 14.0 Å². The molecule has 0 radical (unpaired) electrons. The molecule has 3 aromatic rings. The van der Waals surface area contributed by atoms with Crippen LogP contribution in [0.3, 0.4) is 0 Å². The monoisotopic (exact) mass is 388 g/mol. The molecule has 5 heteroatoms. The molecule has 2 amide bonds. The summed E-state index contributed by atoms with van der Waals surface area (Å²) in [5.41, 5.74) is 2.81. The molecule has 1 aliphatic rings. The average Bonchev–Trinajstić information content (AvgIpc) is 2.77. The van der Waals surface area contributed by atoms with Crippen LogP contribution >= 0.6 is 0 Å². The Hall–Kier alpha value is -3.47. The van der Waals surface area contributed by atoms with Crippen LogP contribution in [0.5, 0.6) is 0 Å². The van der Waals surface area contributed by atoms with Gasteiger partial charge >= 0.3 is 0 Å². The smallest absolute Gasteiger partial charge is 0.254 e. The van der Waals surface area contributed by atoms with Crippen LogP contribution in [0.2, 0.25) is 0 Å². The SMILES string of the molecule is O=C(NCc1ccccc1F)C1c2ccccc2CCN1C(=O)c1ccccc1. The highest BCUT2D eigenvalue weighted by atomic mass is 19.1. The Kier molecular flexibility index (Phi) is 5.38. The number of hydrogen-bond acceptors (Lipinski definition) is 2. The van der Waals surface area contributed by atoms with Crippen molar-refractivity contribution in [2.75, 3.05) is 6.54 Å². The summed E-state index contributed by atoms with van der Waals surface area (Å²) < 4.78 is 13.9. The normalized spacial score (nSPS) is 15.5. The van der Waals surface area contributed by atoms with E-state index in [4.69, 9.17) is 0 Å². The Balaban J connectivity index is 1.63. The molecule has 1 atom stereocenters. The van der Waals surface area contributed by atoms with E-state index in [1.54, 1.807) is 47.4 Å². The molecule has 29 heavy (non-hydrogen) atoms. The molecule has 1 heterocycles. The van der Waals surface area contributed by atoms with E-state index >= 15 is 0 Å². The molecule has 0 spiro atoms. The molecule has 4 nitrogen and oxygen atoms in total. The Morgan fingerprint density at radius 1 is 0.931 bits per heavy atom. The van der Waals surface area contributed by atoms with Crippen molar-refractivity contribution in [1.82, 2.24) is 10.2 Å². The number of rotatable bonds is 4. The van der Waals surface area contributed by atoms with Gasteiger partial charge in [0, 0.05) is 24.2 Å². The third kappa shape index (κ3) is 3.90. The fourth-order valence-corrected chi connectivity index (χ4v) is 3.74. The zero-order chi connectivity index (χ0) is 20.2. The number of halogens is 1. The van der Waals surface area contributed by atoms with E-state index in [9.17, 15) is 14.0 Å². The van der Waals surface area contributed by atoms with Crippen molar-refractivity contribution in [2.45, 2.75) is 19.0 Å². The van der Waals surface area contributed by atoms with Crippen molar-refractivity contribution >= 4 is 11.8 Å². The average molecular weight is 388 g/mol. The quantitative estimate of drug-likeness (QED) is 0.737. The Morgan fingerprint density at radius 2 is 1.62 bits per heavy atom. The lowest BCUT2D eigenvalue weighted by Crippen LogP contribution is -2.47. The van der Waals surface area contributed by atoms with Gasteiger partial charge in [-0.3, -0.25) is 9.59 Å². The van der Waals surface area contributed by atoms with E-state index in [0.29, 0.717) is 24.1 Å². The van der Waals surface area contributed by atoms with Crippen molar-refractivity contribution in [3.63, 3.8) is 0 Å². The fourth-order valence-electron chi connectivity index (χ4n) is 3.74. The minimum absolute atomic E-state index is 0.0670. The Bertz CT molecular complexity index is 1040. The standard InChI is InChI=1S/C24H21FN2O2/c25-21-13-7-5-11-19(21)16-26-23(28)22-20-12-6-4-8-17(20)14-15-27(22)24(29)18-9-2-1-3-10-18/h1-13,22H,14-16H2,(H,26,28). The second kappa shape index (κ2) is 8.27. The van der Waals surface area contributed by atoms with Gasteiger partial charge in [0.1, 0.15) is 11.9 Å². The van der Waals surface area contributed by atoms with Crippen LogP contribution in [-0.4, -0.2) is 23.3 Å². The van der Waals surface area contributed by atoms with Crippen LogP contribution in [0, 0.1) is 5.82 Å². The molecular formula is C24H21FN2O2. The maximum Gasteiger partial charge on any atom is 0.254 e. The maximum absolute atomic E-state index is 13.9. The molecule has 0 saturated heterocycles. The van der Waals surface area contributed by atoms with Gasteiger partial charge < -0.3 is 10.2 Å². The van der Waals surface area contributed by atoms with E-state index in [2.05, 4.69) is 5.32 Å². The summed E-state index contributed by atoms with van der Waals surface area (Å²) in [5, 5.41) is 2.81. The molecule has 0 fully saturated rings. The highest BCUT2D eigenvalue weighted by Crippen LogP contribution is 2.31. The number of hydrogen-bond donors (Lipinski definition) is 1. The Labute approximate surface area is 169 Å². The first-order valence-electron chi connectivity index (χ1n) is 9.60. The first-order chi connectivity index (χ1) is 14.1. The highest BCUT2D eigenvalue weighted by Gasteiger charge is 2.36. The molecule has 0 saturated carbocycles. The fraction of sp³-hybridized carbons (Fsp3) is 0.167. The zero-order valence-electron chi connectivity index (χ0n) is 15.8. The third-order valence-corrected chi connectivity index (χ3v) is 5.22. The van der Waals surface area contributed by atoms with Gasteiger partial charge in [-0.05, 0) is 35.7 Å². The highest BCUT2D eigenvalue weighted by molar-refractivity contribution is 5.98. The lowest BCUT2D eigenvalue weighted by atomic mass is 9.91. The summed E-state index contributed by atoms with van der Waals surface area (Å²) in [6, 6.07) is 22.2. The van der Waals surface area contributed by atoms with E-state index in [0.717, 1.165) is 11.1 Å². The van der Waals surface area contributed by atoms with Gasteiger partial charge in [-0.2, -0.15) is 0 Å². The summed E-state index contributed by atoms with van der Waals surface area (Å²) in [7, 11) is 0. The van der Waals surface area contributed by atoms with E-state index < -0.39 is 6.04 Å². The predicted octanol–water partition coefficient (Wildman–Crippen LogP) is 3.88. The Morgan fingerprint density at radius 3 is 2.41 bits per heavy atom. The van der Waals surface area contributed by atoms with Gasteiger partial charge in [0.2, 0.25) is 5.91 Å². The summed E-state index contributed by atoms with van der Waals surface area (Å²) in [5.74, 6) is -0.870. The third-order valence-electron chi connectivity index (χ3n) is 5.22. The minimum Gasteiger partial charge on any atom is -0.350 e. The summed E-state index contributed by atoms with van der Waals surface area (Å²) in [4.78, 5) is 27.9. The van der Waals surface area contributed by atoms with Gasteiger partial charge in [0.15, 0.2) is 0 Å². The van der Waals surface area contributed by atoms with Crippen LogP contribution in [0.15, 0.2) is 78.9 Å². The lowest BCUT2D eigenvalue weighted by molar-refractivity contribution is -0.126. The second-order valence-corrected chi connectivity index (χ2v) is 7.03. The lowest BCUT2D eigenvalue weighted by Gasteiger charge is -2.36.